The number of nitrogens with zero attached hydrogens (tertiary/aromatic N) is 6. The van der Waals surface area contributed by atoms with Crippen LogP contribution in [0, 0.1) is 11.8 Å². The van der Waals surface area contributed by atoms with Gasteiger partial charge in [0.1, 0.15) is 28.4 Å². The molecule has 44 heavy (non-hydrogen) atoms. The fourth-order valence-electron chi connectivity index (χ4n) is 4.34. The molecule has 2 N–H and O–H groups in total. The third-order valence-corrected chi connectivity index (χ3v) is 7.15. The molecule has 1 amide bonds. The lowest BCUT2D eigenvalue weighted by Crippen LogP contribution is -2.14. The lowest BCUT2D eigenvalue weighted by Gasteiger charge is -2.21. The predicted octanol–water partition coefficient (Wildman–Crippen LogP) is 5.18. The molecule has 12 nitrogen and oxygen atoms in total. The second kappa shape index (κ2) is 17.2. The molecule has 15 heteroatoms. The van der Waals surface area contributed by atoms with Crippen LogP contribution in [-0.2, 0) is 9.53 Å². The van der Waals surface area contributed by atoms with Crippen LogP contribution in [0.5, 0.6) is 0 Å². The van der Waals surface area contributed by atoms with Gasteiger partial charge in [0.2, 0.25) is 11.9 Å². The first kappa shape index (κ1) is 34.3. The number of rotatable bonds is 8. The first-order valence-corrected chi connectivity index (χ1v) is 14.8. The summed E-state index contributed by atoms with van der Waals surface area (Å²) in [6.45, 7) is 1.93. The molecule has 0 atom stereocenters. The van der Waals surface area contributed by atoms with E-state index >= 15 is 0 Å². The van der Waals surface area contributed by atoms with E-state index in [-0.39, 0.29) is 54.2 Å². The summed E-state index contributed by atoms with van der Waals surface area (Å²) in [5, 5.41) is 20.8. The zero-order valence-electron chi connectivity index (χ0n) is 24.7. The molecule has 1 aliphatic rings. The van der Waals surface area contributed by atoms with E-state index in [0.29, 0.717) is 16.9 Å². The van der Waals surface area contributed by atoms with E-state index in [4.69, 9.17) is 5.11 Å². The molecule has 4 aromatic heterocycles. The highest BCUT2D eigenvalue weighted by atomic mass is 32.1. The van der Waals surface area contributed by atoms with E-state index < -0.39 is 17.7 Å². The molecule has 5 rings (SSSR count). The standard InChI is InChI=1S/C25H23F2N7O3S.2C2H6O/c26-17-8-9-20(27)31-22(17)23-18(13-33(32-23)16-5-2-1-3-6-16)29-24(37)19-14-38-25(30-19)15-11-28-34(12-15)21(36)7-4-10-35;1-3-2;1-2-3/h8-14,16H,1-7H2,(H,29,37);1-2H3;3H,2H2,1H3. The van der Waals surface area contributed by atoms with Gasteiger partial charge in [-0.15, -0.1) is 11.3 Å². The molecule has 0 spiro atoms. The molecule has 0 saturated heterocycles. The SMILES string of the molecule is CCO.COC.O=CCCC(=O)n1cc(-c2nc(C(=O)Nc3cn(C4CCCCC4)nc3-c3nc(F)ccc3F)cs2)cn1. The second-order valence-electron chi connectivity index (χ2n) is 9.62. The molecule has 4 aromatic rings. The van der Waals surface area contributed by atoms with E-state index in [1.165, 1.54) is 23.7 Å². The van der Waals surface area contributed by atoms with Crippen LogP contribution in [-0.4, -0.2) is 73.6 Å². The van der Waals surface area contributed by atoms with Gasteiger partial charge in [-0.05, 0) is 31.9 Å². The Labute approximate surface area is 257 Å². The van der Waals surface area contributed by atoms with Crippen LogP contribution < -0.4 is 5.32 Å². The number of carbonyl (C=O) groups is 3. The van der Waals surface area contributed by atoms with Gasteiger partial charge >= 0.3 is 0 Å². The molecular weight excluding hydrogens is 596 g/mol. The normalized spacial score (nSPS) is 12.9. The summed E-state index contributed by atoms with van der Waals surface area (Å²) in [7, 11) is 3.25. The predicted molar refractivity (Wildman–Crippen MR) is 160 cm³/mol. The van der Waals surface area contributed by atoms with Gasteiger partial charge in [-0.25, -0.2) is 19.0 Å². The molecule has 0 radical (unpaired) electrons. The Bertz CT molecular complexity index is 1530. The summed E-state index contributed by atoms with van der Waals surface area (Å²) in [4.78, 5) is 43.7. The number of amides is 1. The monoisotopic (exact) mass is 631 g/mol. The molecule has 0 aliphatic heterocycles. The van der Waals surface area contributed by atoms with Crippen LogP contribution in [0.4, 0.5) is 14.5 Å². The molecule has 1 saturated carbocycles. The summed E-state index contributed by atoms with van der Waals surface area (Å²) in [5.74, 6) is -2.52. The Kier molecular flexibility index (Phi) is 13.4. The Morgan fingerprint density at radius 2 is 1.84 bits per heavy atom. The van der Waals surface area contributed by atoms with Crippen molar-refractivity contribution < 1.29 is 33.0 Å². The Morgan fingerprint density at radius 1 is 1.14 bits per heavy atom. The molecule has 1 aliphatic carbocycles. The number of ether oxygens (including phenoxy) is 1. The van der Waals surface area contributed by atoms with Gasteiger partial charge in [0.25, 0.3) is 5.91 Å². The van der Waals surface area contributed by atoms with Crippen LogP contribution in [0.1, 0.15) is 73.2 Å². The number of thiazole rings is 1. The number of hydrogen-bond donors (Lipinski definition) is 2. The van der Waals surface area contributed by atoms with Crippen molar-refractivity contribution in [1.29, 1.82) is 0 Å². The smallest absolute Gasteiger partial charge is 0.275 e. The number of halogens is 2. The van der Waals surface area contributed by atoms with Gasteiger partial charge in [0.05, 0.1) is 17.9 Å². The molecule has 1 fully saturated rings. The minimum Gasteiger partial charge on any atom is -0.397 e. The summed E-state index contributed by atoms with van der Waals surface area (Å²) in [6.07, 6.45) is 10.4. The number of aliphatic hydroxyl groups is 1. The van der Waals surface area contributed by atoms with Crippen molar-refractivity contribution >= 4 is 35.1 Å². The van der Waals surface area contributed by atoms with Crippen LogP contribution >= 0.6 is 11.3 Å². The quantitative estimate of drug-likeness (QED) is 0.198. The minimum atomic E-state index is -0.861. The van der Waals surface area contributed by atoms with Crippen molar-refractivity contribution in [1.82, 2.24) is 29.5 Å². The largest absolute Gasteiger partial charge is 0.397 e. The average molecular weight is 632 g/mol. The van der Waals surface area contributed by atoms with Crippen LogP contribution in [0.25, 0.3) is 22.0 Å². The lowest BCUT2D eigenvalue weighted by molar-refractivity contribution is -0.107. The fourth-order valence-corrected chi connectivity index (χ4v) is 5.11. The average Bonchev–Trinajstić information content (AvgIpc) is 3.79. The number of anilines is 1. The van der Waals surface area contributed by atoms with Gasteiger partial charge in [-0.1, -0.05) is 19.3 Å². The maximum absolute atomic E-state index is 14.6. The minimum absolute atomic E-state index is 0.0338. The highest BCUT2D eigenvalue weighted by Gasteiger charge is 2.24. The maximum atomic E-state index is 14.6. The number of hydrogen-bond acceptors (Lipinski definition) is 10. The number of carbonyl (C=O) groups excluding carboxylic acids is 3. The maximum Gasteiger partial charge on any atom is 0.275 e. The zero-order valence-corrected chi connectivity index (χ0v) is 25.5. The van der Waals surface area contributed by atoms with Crippen LogP contribution in [0.15, 0.2) is 36.1 Å². The van der Waals surface area contributed by atoms with E-state index in [0.717, 1.165) is 48.9 Å². The third-order valence-electron chi connectivity index (χ3n) is 6.26. The number of aromatic nitrogens is 6. The molecule has 4 heterocycles. The van der Waals surface area contributed by atoms with Crippen LogP contribution in [0.2, 0.25) is 0 Å². The molecule has 0 unspecified atom stereocenters. The van der Waals surface area contributed by atoms with Gasteiger partial charge in [0, 0.05) is 57.0 Å². The van der Waals surface area contributed by atoms with E-state index in [2.05, 4.69) is 30.2 Å². The van der Waals surface area contributed by atoms with E-state index in [1.807, 2.05) is 0 Å². The van der Waals surface area contributed by atoms with Crippen molar-refractivity contribution in [3.05, 3.63) is 53.6 Å². The number of aliphatic hydroxyl groups excluding tert-OH is 1. The van der Waals surface area contributed by atoms with Crippen molar-refractivity contribution in [3.63, 3.8) is 0 Å². The fraction of sp³-hybridized carbons (Fsp3) is 0.414. The molecule has 0 bridgehead atoms. The first-order chi connectivity index (χ1) is 21.3. The van der Waals surface area contributed by atoms with Crippen molar-refractivity contribution in [2.75, 3.05) is 26.1 Å². The number of nitrogens with one attached hydrogen (secondary N) is 1. The topological polar surface area (TPSA) is 154 Å². The third kappa shape index (κ3) is 9.14. The number of aldehydes is 1. The number of methoxy groups -OCH3 is 1. The lowest BCUT2D eigenvalue weighted by atomic mass is 9.96. The van der Waals surface area contributed by atoms with E-state index in [9.17, 15) is 23.2 Å². The summed E-state index contributed by atoms with van der Waals surface area (Å²) in [5.41, 5.74) is 0.562. The zero-order chi connectivity index (χ0) is 32.1. The summed E-state index contributed by atoms with van der Waals surface area (Å²) in [6, 6.07) is 1.98. The first-order valence-electron chi connectivity index (χ1n) is 14.0. The molecule has 0 aromatic carbocycles. The molecular formula is C29H35F2N7O5S. The highest BCUT2D eigenvalue weighted by Crippen LogP contribution is 2.34. The Hall–Kier alpha value is -4.21. The van der Waals surface area contributed by atoms with Crippen molar-refractivity contribution in [2.24, 2.45) is 0 Å². The highest BCUT2D eigenvalue weighted by molar-refractivity contribution is 7.13. The van der Waals surface area contributed by atoms with Gasteiger partial charge < -0.3 is 20.0 Å². The van der Waals surface area contributed by atoms with Gasteiger partial charge in [0.15, 0.2) is 5.82 Å². The van der Waals surface area contributed by atoms with Crippen molar-refractivity contribution in [3.8, 4) is 22.0 Å². The Balaban J connectivity index is 0.000000816. The summed E-state index contributed by atoms with van der Waals surface area (Å²) >= 11 is 1.18. The van der Waals surface area contributed by atoms with Crippen LogP contribution in [0.3, 0.4) is 0 Å². The Morgan fingerprint density at radius 3 is 2.52 bits per heavy atom. The molecule has 236 valence electrons. The van der Waals surface area contributed by atoms with E-state index in [1.54, 1.807) is 37.4 Å². The summed E-state index contributed by atoms with van der Waals surface area (Å²) < 4.78 is 35.6. The van der Waals surface area contributed by atoms with Gasteiger partial charge in [-0.2, -0.15) is 14.6 Å². The van der Waals surface area contributed by atoms with Gasteiger partial charge in [-0.3, -0.25) is 14.3 Å². The van der Waals surface area contributed by atoms with Crippen molar-refractivity contribution in [2.45, 2.75) is 57.9 Å². The second-order valence-corrected chi connectivity index (χ2v) is 10.5. The number of pyridine rings is 1.